The third-order valence-corrected chi connectivity index (χ3v) is 5.20. The van der Waals surface area contributed by atoms with E-state index in [1.165, 1.54) is 7.11 Å². The molecule has 1 amide bonds. The SMILES string of the molecule is COc1c(C#N)cccc1-c1cc(C)n2ncc(C(=O)N[C@H](C)C3CC3)c2n1. The Morgan fingerprint density at radius 2 is 2.21 bits per heavy atom. The lowest BCUT2D eigenvalue weighted by atomic mass is 10.1. The highest BCUT2D eigenvalue weighted by Gasteiger charge is 2.30. The number of hydrogen-bond donors (Lipinski definition) is 1. The zero-order valence-electron chi connectivity index (χ0n) is 16.1. The molecule has 1 atom stereocenters. The molecule has 1 aliphatic carbocycles. The Balaban J connectivity index is 1.80. The van der Waals surface area contributed by atoms with Crippen LogP contribution in [0.5, 0.6) is 5.75 Å². The van der Waals surface area contributed by atoms with Gasteiger partial charge in [0.05, 0.1) is 24.6 Å². The van der Waals surface area contributed by atoms with Crippen molar-refractivity contribution < 1.29 is 9.53 Å². The van der Waals surface area contributed by atoms with Gasteiger partial charge in [0, 0.05) is 17.3 Å². The third-order valence-electron chi connectivity index (χ3n) is 5.20. The maximum absolute atomic E-state index is 12.8. The number of rotatable bonds is 5. The summed E-state index contributed by atoms with van der Waals surface area (Å²) in [6.45, 7) is 3.93. The van der Waals surface area contributed by atoms with Crippen molar-refractivity contribution in [2.24, 2.45) is 5.92 Å². The lowest BCUT2D eigenvalue weighted by molar-refractivity contribution is 0.0937. The molecule has 2 aromatic heterocycles. The van der Waals surface area contributed by atoms with Gasteiger partial charge in [0.1, 0.15) is 17.4 Å². The highest BCUT2D eigenvalue weighted by atomic mass is 16.5. The van der Waals surface area contributed by atoms with Crippen LogP contribution in [0.15, 0.2) is 30.5 Å². The van der Waals surface area contributed by atoms with E-state index in [4.69, 9.17) is 4.74 Å². The fourth-order valence-electron chi connectivity index (χ4n) is 3.46. The summed E-state index contributed by atoms with van der Waals surface area (Å²) in [6, 6.07) is 9.48. The van der Waals surface area contributed by atoms with Gasteiger partial charge in [-0.3, -0.25) is 4.79 Å². The van der Waals surface area contributed by atoms with Gasteiger partial charge < -0.3 is 10.1 Å². The number of nitrogens with one attached hydrogen (secondary N) is 1. The fraction of sp³-hybridized carbons (Fsp3) is 0.333. The Morgan fingerprint density at radius 1 is 1.43 bits per heavy atom. The number of amides is 1. The van der Waals surface area contributed by atoms with Crippen LogP contribution in [-0.2, 0) is 0 Å². The lowest BCUT2D eigenvalue weighted by Crippen LogP contribution is -2.34. The number of methoxy groups -OCH3 is 1. The van der Waals surface area contributed by atoms with E-state index in [2.05, 4.69) is 21.5 Å². The first kappa shape index (κ1) is 18.0. The number of benzene rings is 1. The number of nitriles is 1. The minimum atomic E-state index is -0.170. The van der Waals surface area contributed by atoms with E-state index < -0.39 is 0 Å². The largest absolute Gasteiger partial charge is 0.495 e. The second-order valence-corrected chi connectivity index (χ2v) is 7.17. The summed E-state index contributed by atoms with van der Waals surface area (Å²) in [4.78, 5) is 17.5. The lowest BCUT2D eigenvalue weighted by Gasteiger charge is -2.13. The molecule has 0 saturated heterocycles. The molecule has 7 heteroatoms. The van der Waals surface area contributed by atoms with Crippen molar-refractivity contribution in [3.63, 3.8) is 0 Å². The molecule has 0 bridgehead atoms. The molecule has 7 nitrogen and oxygen atoms in total. The first-order chi connectivity index (χ1) is 13.5. The van der Waals surface area contributed by atoms with Crippen molar-refractivity contribution in [1.82, 2.24) is 19.9 Å². The van der Waals surface area contributed by atoms with E-state index in [0.29, 0.717) is 39.7 Å². The number of aromatic nitrogens is 3. The Bertz CT molecular complexity index is 1110. The zero-order chi connectivity index (χ0) is 19.8. The summed E-state index contributed by atoms with van der Waals surface area (Å²) in [5.41, 5.74) is 3.52. The van der Waals surface area contributed by atoms with Crippen LogP contribution in [0, 0.1) is 24.2 Å². The molecular weight excluding hydrogens is 354 g/mol. The number of ether oxygens (including phenoxy) is 1. The highest BCUT2D eigenvalue weighted by Crippen LogP contribution is 2.34. The van der Waals surface area contributed by atoms with Crippen LogP contribution in [0.4, 0.5) is 0 Å². The summed E-state index contributed by atoms with van der Waals surface area (Å²) in [6.07, 6.45) is 3.87. The van der Waals surface area contributed by atoms with Crippen molar-refractivity contribution in [1.29, 1.82) is 5.26 Å². The molecule has 4 rings (SSSR count). The van der Waals surface area contributed by atoms with Crippen LogP contribution in [0.25, 0.3) is 16.9 Å². The molecule has 0 aliphatic heterocycles. The first-order valence-electron chi connectivity index (χ1n) is 9.27. The molecule has 2 heterocycles. The molecule has 1 aromatic carbocycles. The summed E-state index contributed by atoms with van der Waals surface area (Å²) < 4.78 is 7.11. The number of hydrogen-bond acceptors (Lipinski definition) is 5. The normalized spacial score (nSPS) is 14.5. The predicted octanol–water partition coefficient (Wildman–Crippen LogP) is 3.11. The van der Waals surface area contributed by atoms with Gasteiger partial charge in [-0.1, -0.05) is 6.07 Å². The average Bonchev–Trinajstić information content (AvgIpc) is 3.46. The molecule has 3 aromatic rings. The van der Waals surface area contributed by atoms with Crippen molar-refractivity contribution in [2.45, 2.75) is 32.7 Å². The van der Waals surface area contributed by atoms with Crippen LogP contribution < -0.4 is 10.1 Å². The molecule has 1 N–H and O–H groups in total. The van der Waals surface area contributed by atoms with Gasteiger partial charge in [0.2, 0.25) is 0 Å². The maximum atomic E-state index is 12.8. The molecule has 1 aliphatic rings. The molecule has 0 spiro atoms. The first-order valence-corrected chi connectivity index (χ1v) is 9.27. The van der Waals surface area contributed by atoms with Gasteiger partial charge in [-0.15, -0.1) is 0 Å². The number of para-hydroxylation sites is 1. The van der Waals surface area contributed by atoms with Crippen molar-refractivity contribution in [3.05, 3.63) is 47.3 Å². The van der Waals surface area contributed by atoms with Crippen LogP contribution in [-0.4, -0.2) is 33.7 Å². The second kappa shape index (κ2) is 6.97. The Labute approximate surface area is 163 Å². The van der Waals surface area contributed by atoms with E-state index in [0.717, 1.165) is 18.5 Å². The van der Waals surface area contributed by atoms with Gasteiger partial charge in [0.25, 0.3) is 5.91 Å². The topological polar surface area (TPSA) is 92.3 Å². The second-order valence-electron chi connectivity index (χ2n) is 7.17. The Morgan fingerprint density at radius 3 is 2.89 bits per heavy atom. The van der Waals surface area contributed by atoms with Crippen molar-refractivity contribution >= 4 is 11.6 Å². The summed E-state index contributed by atoms with van der Waals surface area (Å²) >= 11 is 0. The monoisotopic (exact) mass is 375 g/mol. The van der Waals surface area contributed by atoms with Crippen LogP contribution in [0.2, 0.25) is 0 Å². The molecule has 142 valence electrons. The smallest absolute Gasteiger partial charge is 0.256 e. The molecule has 1 fully saturated rings. The Hall–Kier alpha value is -3.40. The van der Waals surface area contributed by atoms with Crippen molar-refractivity contribution in [3.8, 4) is 23.1 Å². The highest BCUT2D eigenvalue weighted by molar-refractivity contribution is 6.00. The number of carbonyl (C=O) groups excluding carboxylic acids is 1. The summed E-state index contributed by atoms with van der Waals surface area (Å²) in [7, 11) is 1.53. The number of carbonyl (C=O) groups is 1. The van der Waals surface area contributed by atoms with E-state index in [9.17, 15) is 10.1 Å². The predicted molar refractivity (Wildman–Crippen MR) is 104 cm³/mol. The van der Waals surface area contributed by atoms with Crippen LogP contribution in [0.3, 0.4) is 0 Å². The molecule has 28 heavy (non-hydrogen) atoms. The number of fused-ring (bicyclic) bond motifs is 1. The zero-order valence-corrected chi connectivity index (χ0v) is 16.1. The van der Waals surface area contributed by atoms with E-state index in [1.54, 1.807) is 22.8 Å². The van der Waals surface area contributed by atoms with E-state index >= 15 is 0 Å². The van der Waals surface area contributed by atoms with Crippen molar-refractivity contribution in [2.75, 3.05) is 7.11 Å². The molecule has 1 saturated carbocycles. The minimum absolute atomic E-state index is 0.138. The van der Waals surface area contributed by atoms with Gasteiger partial charge in [-0.2, -0.15) is 10.4 Å². The number of nitrogens with zero attached hydrogens (tertiary/aromatic N) is 4. The average molecular weight is 375 g/mol. The van der Waals surface area contributed by atoms with Gasteiger partial charge in [0.15, 0.2) is 5.65 Å². The van der Waals surface area contributed by atoms with Gasteiger partial charge >= 0.3 is 0 Å². The Kier molecular flexibility index (Phi) is 4.47. The van der Waals surface area contributed by atoms with Crippen LogP contribution >= 0.6 is 0 Å². The minimum Gasteiger partial charge on any atom is -0.495 e. The van der Waals surface area contributed by atoms with Gasteiger partial charge in [-0.05, 0) is 50.8 Å². The van der Waals surface area contributed by atoms with Gasteiger partial charge in [-0.25, -0.2) is 9.50 Å². The third kappa shape index (κ3) is 3.07. The van der Waals surface area contributed by atoms with E-state index in [1.807, 2.05) is 26.0 Å². The molecule has 0 radical (unpaired) electrons. The standard InChI is InChI=1S/C21H21N5O2/c1-12-9-18(16-6-4-5-15(10-22)19(16)28-3)25-20-17(11-23-26(12)20)21(27)24-13(2)14-7-8-14/h4-6,9,11,13-14H,7-8H2,1-3H3,(H,24,27)/t13-/m1/s1. The summed E-state index contributed by atoms with van der Waals surface area (Å²) in [5.74, 6) is 0.861. The summed E-state index contributed by atoms with van der Waals surface area (Å²) in [5, 5.41) is 16.7. The maximum Gasteiger partial charge on any atom is 0.256 e. The number of aryl methyl sites for hydroxylation is 1. The quantitative estimate of drug-likeness (QED) is 0.740. The fourth-order valence-corrected chi connectivity index (χ4v) is 3.46. The van der Waals surface area contributed by atoms with E-state index in [-0.39, 0.29) is 11.9 Å². The molecule has 0 unspecified atom stereocenters. The molecular formula is C21H21N5O2. The van der Waals surface area contributed by atoms with Crippen LogP contribution in [0.1, 0.15) is 41.4 Å².